The van der Waals surface area contributed by atoms with Crippen LogP contribution in [0, 0.1) is 0 Å². The van der Waals surface area contributed by atoms with E-state index < -0.39 is 0 Å². The number of benzene rings is 1. The van der Waals surface area contributed by atoms with Crippen molar-refractivity contribution in [2.45, 2.75) is 20.0 Å². The van der Waals surface area contributed by atoms with Crippen molar-refractivity contribution < 1.29 is 9.47 Å². The van der Waals surface area contributed by atoms with Gasteiger partial charge < -0.3 is 24.7 Å². The predicted octanol–water partition coefficient (Wildman–Crippen LogP) is 2.26. The van der Waals surface area contributed by atoms with Crippen LogP contribution in [-0.2, 0) is 13.1 Å². The molecule has 130 valence electrons. The smallest absolute Gasteiger partial charge is 0.191 e. The molecule has 6 heteroatoms. The van der Waals surface area contributed by atoms with E-state index in [4.69, 9.17) is 9.47 Å². The molecule has 1 aromatic carbocycles. The first-order chi connectivity index (χ1) is 11.8. The number of aromatic nitrogens is 1. The molecule has 0 bridgehead atoms. The van der Waals surface area contributed by atoms with Crippen LogP contribution in [0.3, 0.4) is 0 Å². The molecule has 2 N–H and O–H groups in total. The van der Waals surface area contributed by atoms with E-state index in [1.165, 1.54) is 0 Å². The van der Waals surface area contributed by atoms with Crippen molar-refractivity contribution >= 4 is 5.96 Å². The van der Waals surface area contributed by atoms with Crippen LogP contribution in [-0.4, -0.2) is 37.8 Å². The fourth-order valence-corrected chi connectivity index (χ4v) is 2.31. The molecule has 0 aliphatic rings. The van der Waals surface area contributed by atoms with Gasteiger partial charge in [-0.05, 0) is 36.8 Å². The molecule has 0 aliphatic carbocycles. The zero-order valence-electron chi connectivity index (χ0n) is 14.6. The van der Waals surface area contributed by atoms with Crippen LogP contribution in [0.5, 0.6) is 11.5 Å². The number of rotatable bonds is 8. The molecule has 2 aromatic rings. The molecule has 0 saturated heterocycles. The van der Waals surface area contributed by atoms with Gasteiger partial charge in [-0.1, -0.05) is 6.07 Å². The fourth-order valence-electron chi connectivity index (χ4n) is 2.31. The molecule has 6 nitrogen and oxygen atoms in total. The molecule has 1 heterocycles. The highest BCUT2D eigenvalue weighted by Gasteiger charge is 2.04. The number of nitrogens with one attached hydrogen (secondary N) is 2. The first kappa shape index (κ1) is 17.7. The van der Waals surface area contributed by atoms with Gasteiger partial charge in [-0.3, -0.25) is 0 Å². The summed E-state index contributed by atoms with van der Waals surface area (Å²) in [6.45, 7) is 5.15. The Morgan fingerprint density at radius 3 is 2.50 bits per heavy atom. The number of aliphatic imine (C=N–C) groups is 1. The maximum absolute atomic E-state index is 5.33. The van der Waals surface area contributed by atoms with Gasteiger partial charge in [0.05, 0.1) is 20.8 Å². The lowest BCUT2D eigenvalue weighted by Gasteiger charge is -2.12. The average molecular weight is 330 g/mol. The zero-order valence-corrected chi connectivity index (χ0v) is 14.6. The second-order valence-corrected chi connectivity index (χ2v) is 5.23. The molecule has 0 aliphatic heterocycles. The van der Waals surface area contributed by atoms with E-state index in [1.54, 1.807) is 14.2 Å². The van der Waals surface area contributed by atoms with Crippen molar-refractivity contribution in [3.05, 3.63) is 48.3 Å². The van der Waals surface area contributed by atoms with Crippen molar-refractivity contribution in [1.29, 1.82) is 0 Å². The van der Waals surface area contributed by atoms with Crippen LogP contribution in [0.4, 0.5) is 0 Å². The molecule has 0 radical (unpaired) electrons. The van der Waals surface area contributed by atoms with Gasteiger partial charge in [-0.25, -0.2) is 4.99 Å². The Bertz CT molecular complexity index is 638. The number of hydrogen-bond donors (Lipinski definition) is 2. The topological polar surface area (TPSA) is 59.8 Å². The van der Waals surface area contributed by atoms with Crippen LogP contribution in [0.15, 0.2) is 47.7 Å². The van der Waals surface area contributed by atoms with E-state index in [0.717, 1.165) is 42.7 Å². The molecule has 0 atom stereocenters. The summed E-state index contributed by atoms with van der Waals surface area (Å²) in [7, 11) is 3.27. The highest BCUT2D eigenvalue weighted by molar-refractivity contribution is 5.79. The summed E-state index contributed by atoms with van der Waals surface area (Å²) in [6, 6.07) is 9.89. The quantitative estimate of drug-likeness (QED) is 0.576. The third kappa shape index (κ3) is 5.22. The lowest BCUT2D eigenvalue weighted by molar-refractivity contribution is 0.354. The summed E-state index contributed by atoms with van der Waals surface area (Å²) >= 11 is 0. The Hall–Kier alpha value is -2.63. The minimum Gasteiger partial charge on any atom is -0.493 e. The number of hydrogen-bond acceptors (Lipinski definition) is 3. The van der Waals surface area contributed by atoms with Gasteiger partial charge in [-0.2, -0.15) is 0 Å². The van der Waals surface area contributed by atoms with E-state index in [9.17, 15) is 0 Å². The Balaban J connectivity index is 1.94. The van der Waals surface area contributed by atoms with Gasteiger partial charge in [-0.15, -0.1) is 0 Å². The molecule has 0 saturated carbocycles. The lowest BCUT2D eigenvalue weighted by Crippen LogP contribution is -2.38. The van der Waals surface area contributed by atoms with E-state index >= 15 is 0 Å². The minimum atomic E-state index is 0.569. The Kier molecular flexibility index (Phi) is 7.01. The predicted molar refractivity (Wildman–Crippen MR) is 96.8 cm³/mol. The zero-order chi connectivity index (χ0) is 17.2. The van der Waals surface area contributed by atoms with Crippen molar-refractivity contribution in [1.82, 2.24) is 15.2 Å². The van der Waals surface area contributed by atoms with Crippen LogP contribution in [0.25, 0.3) is 0 Å². The number of methoxy groups -OCH3 is 2. The van der Waals surface area contributed by atoms with Gasteiger partial charge in [0.15, 0.2) is 17.5 Å². The molecule has 24 heavy (non-hydrogen) atoms. The van der Waals surface area contributed by atoms with E-state index in [-0.39, 0.29) is 0 Å². The van der Waals surface area contributed by atoms with Crippen LogP contribution in [0.1, 0.15) is 12.5 Å². The molecule has 0 unspecified atom stereocenters. The summed E-state index contributed by atoms with van der Waals surface area (Å²) in [5.41, 5.74) is 1.07. The van der Waals surface area contributed by atoms with Crippen LogP contribution in [0.2, 0.25) is 0 Å². The lowest BCUT2D eigenvalue weighted by atomic mass is 10.2. The summed E-state index contributed by atoms with van der Waals surface area (Å²) < 4.78 is 12.7. The van der Waals surface area contributed by atoms with Gasteiger partial charge >= 0.3 is 0 Å². The molecule has 2 rings (SSSR count). The van der Waals surface area contributed by atoms with Crippen molar-refractivity contribution in [2.24, 2.45) is 4.99 Å². The summed E-state index contributed by atoms with van der Waals surface area (Å²) in [5, 5.41) is 6.60. The van der Waals surface area contributed by atoms with E-state index in [1.807, 2.05) is 30.3 Å². The molecular formula is C18H26N4O2. The fraction of sp³-hybridized carbons (Fsp3) is 0.389. The second-order valence-electron chi connectivity index (χ2n) is 5.23. The minimum absolute atomic E-state index is 0.569. The maximum Gasteiger partial charge on any atom is 0.191 e. The number of nitrogens with zero attached hydrogens (tertiary/aromatic N) is 2. The largest absolute Gasteiger partial charge is 0.493 e. The molecule has 0 amide bonds. The molecule has 0 fully saturated rings. The van der Waals surface area contributed by atoms with Crippen LogP contribution >= 0.6 is 0 Å². The first-order valence-corrected chi connectivity index (χ1v) is 8.10. The normalized spacial score (nSPS) is 11.2. The van der Waals surface area contributed by atoms with Crippen molar-refractivity contribution in [3.63, 3.8) is 0 Å². The third-order valence-corrected chi connectivity index (χ3v) is 3.54. The Labute approximate surface area is 143 Å². The highest BCUT2D eigenvalue weighted by atomic mass is 16.5. The second kappa shape index (κ2) is 9.50. The standard InChI is InChI=1S/C18H26N4O2/c1-4-19-18(20-9-12-22-10-5-6-11-22)21-14-15-7-8-16(23-2)17(13-15)24-3/h5-8,10-11,13H,4,9,12,14H2,1-3H3,(H2,19,20,21). The third-order valence-electron chi connectivity index (χ3n) is 3.54. The summed E-state index contributed by atoms with van der Waals surface area (Å²) in [5.74, 6) is 2.25. The van der Waals surface area contributed by atoms with Gasteiger partial charge in [0.1, 0.15) is 0 Å². The van der Waals surface area contributed by atoms with Gasteiger partial charge in [0.25, 0.3) is 0 Å². The van der Waals surface area contributed by atoms with Crippen molar-refractivity contribution in [2.75, 3.05) is 27.3 Å². The summed E-state index contributed by atoms with van der Waals surface area (Å²) in [4.78, 5) is 4.62. The number of guanidine groups is 1. The van der Waals surface area contributed by atoms with Crippen molar-refractivity contribution in [3.8, 4) is 11.5 Å². The Morgan fingerprint density at radius 1 is 1.08 bits per heavy atom. The van der Waals surface area contributed by atoms with Gasteiger partial charge in [0, 0.05) is 32.0 Å². The molecular weight excluding hydrogens is 304 g/mol. The monoisotopic (exact) mass is 330 g/mol. The van der Waals surface area contributed by atoms with Gasteiger partial charge in [0.2, 0.25) is 0 Å². The van der Waals surface area contributed by atoms with Crippen LogP contribution < -0.4 is 20.1 Å². The van der Waals surface area contributed by atoms with E-state index in [0.29, 0.717) is 6.54 Å². The molecule has 1 aromatic heterocycles. The number of ether oxygens (including phenoxy) is 2. The Morgan fingerprint density at radius 2 is 1.83 bits per heavy atom. The SMILES string of the molecule is CCNC(=NCc1ccc(OC)c(OC)c1)NCCn1cccc1. The highest BCUT2D eigenvalue weighted by Crippen LogP contribution is 2.27. The molecule has 0 spiro atoms. The average Bonchev–Trinajstić information content (AvgIpc) is 3.12. The summed E-state index contributed by atoms with van der Waals surface area (Å²) in [6.07, 6.45) is 4.10. The van der Waals surface area contributed by atoms with E-state index in [2.05, 4.69) is 39.5 Å². The maximum atomic E-state index is 5.33. The first-order valence-electron chi connectivity index (χ1n) is 8.10.